The topological polar surface area (TPSA) is 85.8 Å². The SMILES string of the molecule is COc1ccc(CCNC(=O)C2CCN(c3nc4ccccc4nc3OC)CC2)cc1OC. The summed E-state index contributed by atoms with van der Waals surface area (Å²) in [6.07, 6.45) is 2.26. The lowest BCUT2D eigenvalue weighted by atomic mass is 9.96. The number of hydrogen-bond acceptors (Lipinski definition) is 7. The zero-order chi connectivity index (χ0) is 23.2. The Kier molecular flexibility index (Phi) is 7.12. The summed E-state index contributed by atoms with van der Waals surface area (Å²) in [6, 6.07) is 13.6. The number of aromatic nitrogens is 2. The van der Waals surface area contributed by atoms with Crippen molar-refractivity contribution >= 4 is 22.8 Å². The zero-order valence-corrected chi connectivity index (χ0v) is 19.3. The molecule has 4 rings (SSSR count). The van der Waals surface area contributed by atoms with Gasteiger partial charge < -0.3 is 24.4 Å². The zero-order valence-electron chi connectivity index (χ0n) is 19.3. The molecule has 3 aromatic rings. The molecule has 2 heterocycles. The third-order valence-electron chi connectivity index (χ3n) is 6.04. The van der Waals surface area contributed by atoms with Gasteiger partial charge in [0.05, 0.1) is 32.4 Å². The number of carbonyl (C=O) groups is 1. The maximum Gasteiger partial charge on any atom is 0.257 e. The van der Waals surface area contributed by atoms with E-state index in [2.05, 4.69) is 15.2 Å². The van der Waals surface area contributed by atoms with Gasteiger partial charge >= 0.3 is 0 Å². The molecule has 0 atom stereocenters. The normalized spacial score (nSPS) is 14.2. The molecule has 8 nitrogen and oxygen atoms in total. The first-order chi connectivity index (χ1) is 16.1. The molecule has 33 heavy (non-hydrogen) atoms. The number of rotatable bonds is 8. The molecule has 2 aromatic carbocycles. The Morgan fingerprint density at radius 3 is 2.33 bits per heavy atom. The Hall–Kier alpha value is -3.55. The van der Waals surface area contributed by atoms with E-state index in [1.807, 2.05) is 42.5 Å². The molecular weight excluding hydrogens is 420 g/mol. The minimum absolute atomic E-state index is 0.00827. The monoisotopic (exact) mass is 450 g/mol. The first kappa shape index (κ1) is 22.6. The second kappa shape index (κ2) is 10.4. The van der Waals surface area contributed by atoms with Crippen molar-refractivity contribution in [2.24, 2.45) is 5.92 Å². The van der Waals surface area contributed by atoms with Crippen molar-refractivity contribution < 1.29 is 19.0 Å². The van der Waals surface area contributed by atoms with Crippen molar-refractivity contribution in [1.29, 1.82) is 0 Å². The third-order valence-corrected chi connectivity index (χ3v) is 6.04. The van der Waals surface area contributed by atoms with E-state index >= 15 is 0 Å². The quantitative estimate of drug-likeness (QED) is 0.564. The Morgan fingerprint density at radius 1 is 0.970 bits per heavy atom. The van der Waals surface area contributed by atoms with Crippen molar-refractivity contribution in [1.82, 2.24) is 15.3 Å². The van der Waals surface area contributed by atoms with Gasteiger partial charge in [0.1, 0.15) is 0 Å². The summed E-state index contributed by atoms with van der Waals surface area (Å²) in [7, 11) is 4.85. The molecule has 1 amide bonds. The van der Waals surface area contributed by atoms with E-state index in [4.69, 9.17) is 19.2 Å². The highest BCUT2D eigenvalue weighted by Crippen LogP contribution is 2.30. The molecule has 8 heteroatoms. The number of amides is 1. The van der Waals surface area contributed by atoms with E-state index in [0.29, 0.717) is 23.9 Å². The third kappa shape index (κ3) is 5.10. The molecule has 0 unspecified atom stereocenters. The number of hydrogen-bond donors (Lipinski definition) is 1. The number of para-hydroxylation sites is 2. The lowest BCUT2D eigenvalue weighted by Gasteiger charge is -2.32. The van der Waals surface area contributed by atoms with Crippen LogP contribution in [0.3, 0.4) is 0 Å². The van der Waals surface area contributed by atoms with Gasteiger partial charge in [-0.15, -0.1) is 0 Å². The lowest BCUT2D eigenvalue weighted by Crippen LogP contribution is -2.41. The fourth-order valence-corrected chi connectivity index (χ4v) is 4.18. The second-order valence-corrected chi connectivity index (χ2v) is 8.04. The first-order valence-corrected chi connectivity index (χ1v) is 11.2. The molecule has 0 spiro atoms. The van der Waals surface area contributed by atoms with Crippen LogP contribution in [-0.4, -0.2) is 56.8 Å². The van der Waals surface area contributed by atoms with Crippen LogP contribution in [0.5, 0.6) is 17.4 Å². The Labute approximate surface area is 193 Å². The molecule has 0 radical (unpaired) electrons. The van der Waals surface area contributed by atoms with E-state index in [1.165, 1.54) is 0 Å². The van der Waals surface area contributed by atoms with Gasteiger partial charge in [-0.05, 0) is 49.1 Å². The van der Waals surface area contributed by atoms with E-state index in [1.54, 1.807) is 21.3 Å². The van der Waals surface area contributed by atoms with Crippen LogP contribution in [0.4, 0.5) is 5.82 Å². The van der Waals surface area contributed by atoms with Crippen molar-refractivity contribution in [3.05, 3.63) is 48.0 Å². The summed E-state index contributed by atoms with van der Waals surface area (Å²) >= 11 is 0. The van der Waals surface area contributed by atoms with Crippen molar-refractivity contribution in [3.8, 4) is 17.4 Å². The van der Waals surface area contributed by atoms with Crippen LogP contribution in [0, 0.1) is 5.92 Å². The predicted molar refractivity (Wildman–Crippen MR) is 127 cm³/mol. The van der Waals surface area contributed by atoms with E-state index in [0.717, 1.165) is 54.8 Å². The lowest BCUT2D eigenvalue weighted by molar-refractivity contribution is -0.125. The molecule has 1 aromatic heterocycles. The second-order valence-electron chi connectivity index (χ2n) is 8.04. The summed E-state index contributed by atoms with van der Waals surface area (Å²) in [6.45, 7) is 2.05. The Morgan fingerprint density at radius 2 is 1.67 bits per heavy atom. The number of ether oxygens (including phenoxy) is 3. The molecule has 0 aliphatic carbocycles. The highest BCUT2D eigenvalue weighted by Gasteiger charge is 2.27. The summed E-state index contributed by atoms with van der Waals surface area (Å²) in [5.41, 5.74) is 2.73. The maximum atomic E-state index is 12.7. The minimum Gasteiger partial charge on any atom is -0.493 e. The predicted octanol–water partition coefficient (Wildman–Crippen LogP) is 3.23. The van der Waals surface area contributed by atoms with Gasteiger partial charge in [-0.1, -0.05) is 18.2 Å². The smallest absolute Gasteiger partial charge is 0.257 e. The van der Waals surface area contributed by atoms with Crippen LogP contribution in [0.1, 0.15) is 18.4 Å². The fourth-order valence-electron chi connectivity index (χ4n) is 4.18. The standard InChI is InChI=1S/C25H30N4O4/c1-31-21-9-8-17(16-22(21)32-2)10-13-26-24(30)18-11-14-29(15-12-18)23-25(33-3)28-20-7-5-4-6-19(20)27-23/h4-9,16,18H,10-15H2,1-3H3,(H,26,30). The molecule has 174 valence electrons. The highest BCUT2D eigenvalue weighted by atomic mass is 16.5. The number of fused-ring (bicyclic) bond motifs is 1. The Bertz CT molecular complexity index is 1110. The van der Waals surface area contributed by atoms with E-state index in [-0.39, 0.29) is 11.8 Å². The van der Waals surface area contributed by atoms with Crippen molar-refractivity contribution in [3.63, 3.8) is 0 Å². The first-order valence-electron chi connectivity index (χ1n) is 11.2. The number of anilines is 1. The minimum atomic E-state index is -0.00827. The van der Waals surface area contributed by atoms with Crippen LogP contribution < -0.4 is 24.4 Å². The fraction of sp³-hybridized carbons (Fsp3) is 0.400. The van der Waals surface area contributed by atoms with Crippen molar-refractivity contribution in [2.45, 2.75) is 19.3 Å². The van der Waals surface area contributed by atoms with Crippen LogP contribution in [-0.2, 0) is 11.2 Å². The number of methoxy groups -OCH3 is 3. The van der Waals surface area contributed by atoms with Gasteiger partial charge in [0.25, 0.3) is 5.88 Å². The number of carbonyl (C=O) groups excluding carboxylic acids is 1. The average Bonchev–Trinajstić information content (AvgIpc) is 2.87. The summed E-state index contributed by atoms with van der Waals surface area (Å²) in [5.74, 6) is 2.75. The maximum absolute atomic E-state index is 12.7. The molecule has 1 saturated heterocycles. The summed E-state index contributed by atoms with van der Waals surface area (Å²) in [4.78, 5) is 24.2. The molecule has 0 saturated carbocycles. The summed E-state index contributed by atoms with van der Waals surface area (Å²) < 4.78 is 16.1. The number of benzene rings is 2. The van der Waals surface area contributed by atoms with Gasteiger partial charge in [-0.2, -0.15) is 0 Å². The van der Waals surface area contributed by atoms with E-state index in [9.17, 15) is 4.79 Å². The number of piperidine rings is 1. The average molecular weight is 451 g/mol. The van der Waals surface area contributed by atoms with Crippen LogP contribution in [0.2, 0.25) is 0 Å². The van der Waals surface area contributed by atoms with Gasteiger partial charge in [0.15, 0.2) is 17.3 Å². The van der Waals surface area contributed by atoms with Crippen LogP contribution in [0.25, 0.3) is 11.0 Å². The largest absolute Gasteiger partial charge is 0.493 e. The highest BCUT2D eigenvalue weighted by molar-refractivity contribution is 5.79. The van der Waals surface area contributed by atoms with Gasteiger partial charge in [-0.3, -0.25) is 4.79 Å². The van der Waals surface area contributed by atoms with Gasteiger partial charge in [0.2, 0.25) is 5.91 Å². The number of nitrogens with one attached hydrogen (secondary N) is 1. The summed E-state index contributed by atoms with van der Waals surface area (Å²) in [5, 5.41) is 3.09. The Balaban J connectivity index is 1.31. The van der Waals surface area contributed by atoms with Gasteiger partial charge in [-0.25, -0.2) is 9.97 Å². The number of nitrogens with zero attached hydrogens (tertiary/aromatic N) is 3. The molecule has 1 aliphatic rings. The van der Waals surface area contributed by atoms with Crippen LogP contribution >= 0.6 is 0 Å². The molecule has 1 N–H and O–H groups in total. The van der Waals surface area contributed by atoms with Crippen LogP contribution in [0.15, 0.2) is 42.5 Å². The molecule has 0 bridgehead atoms. The van der Waals surface area contributed by atoms with Crippen molar-refractivity contribution in [2.75, 3.05) is 45.9 Å². The molecular formula is C25H30N4O4. The molecule has 1 fully saturated rings. The molecule has 1 aliphatic heterocycles. The van der Waals surface area contributed by atoms with Gasteiger partial charge in [0, 0.05) is 25.6 Å². The van der Waals surface area contributed by atoms with E-state index < -0.39 is 0 Å².